The number of amides is 1. The van der Waals surface area contributed by atoms with Crippen LogP contribution in [0.3, 0.4) is 0 Å². The second-order valence-electron chi connectivity index (χ2n) is 10.5. The first-order valence-corrected chi connectivity index (χ1v) is 12.7. The Morgan fingerprint density at radius 3 is 2.30 bits per heavy atom. The summed E-state index contributed by atoms with van der Waals surface area (Å²) in [6, 6.07) is 0.274. The van der Waals surface area contributed by atoms with Gasteiger partial charge >= 0.3 is 0 Å². The minimum atomic E-state index is -2.78. The number of likely N-dealkylation sites (tertiary alicyclic amines) is 1. The second-order valence-corrected chi connectivity index (χ2v) is 10.5. The SMILES string of the molecule is Cc1cnc(C2CCN(C(=O)CC3[C@@H](N4CCN(C(C)C)CC4)CCCC3(F)F)CC2)nc1. The molecular formula is C25H39F2N5O. The lowest BCUT2D eigenvalue weighted by Gasteiger charge is -2.47. The summed E-state index contributed by atoms with van der Waals surface area (Å²) >= 11 is 0. The van der Waals surface area contributed by atoms with Crippen LogP contribution in [0.2, 0.25) is 0 Å². The number of hydrogen-bond donors (Lipinski definition) is 0. The van der Waals surface area contributed by atoms with E-state index in [0.717, 1.165) is 56.8 Å². The Bertz CT molecular complexity index is 786. The maximum Gasteiger partial charge on any atom is 0.252 e. The highest BCUT2D eigenvalue weighted by atomic mass is 19.3. The van der Waals surface area contributed by atoms with E-state index >= 15 is 8.78 Å². The van der Waals surface area contributed by atoms with Gasteiger partial charge in [0.1, 0.15) is 5.82 Å². The lowest BCUT2D eigenvalue weighted by atomic mass is 9.77. The van der Waals surface area contributed by atoms with Crippen LogP contribution in [-0.4, -0.2) is 87.8 Å². The summed E-state index contributed by atoms with van der Waals surface area (Å²) in [5.41, 5.74) is 1.03. The standard InChI is InChI=1S/C25H39F2N5O/c1-18(2)30-11-13-31(14-12-30)22-5-4-8-25(26,27)21(22)15-23(33)32-9-6-20(7-10-32)24-28-16-19(3)17-29-24/h16-18,20-22H,4-15H2,1-3H3/t21?,22-/m0/s1. The van der Waals surface area contributed by atoms with Crippen molar-refractivity contribution in [3.05, 3.63) is 23.8 Å². The number of piperidine rings is 1. The highest BCUT2D eigenvalue weighted by molar-refractivity contribution is 5.76. The molecule has 0 radical (unpaired) electrons. The number of alkyl halides is 2. The molecule has 3 fully saturated rings. The van der Waals surface area contributed by atoms with Crippen LogP contribution in [0, 0.1) is 12.8 Å². The van der Waals surface area contributed by atoms with Crippen LogP contribution in [0.1, 0.15) is 69.7 Å². The minimum Gasteiger partial charge on any atom is -0.343 e. The van der Waals surface area contributed by atoms with Crippen molar-refractivity contribution in [3.8, 4) is 0 Å². The van der Waals surface area contributed by atoms with Gasteiger partial charge in [-0.2, -0.15) is 0 Å². The smallest absolute Gasteiger partial charge is 0.252 e. The summed E-state index contributed by atoms with van der Waals surface area (Å²) in [6.07, 6.45) is 6.38. The summed E-state index contributed by atoms with van der Waals surface area (Å²) in [4.78, 5) is 28.5. The molecule has 1 aliphatic carbocycles. The van der Waals surface area contributed by atoms with Gasteiger partial charge in [-0.15, -0.1) is 0 Å². The zero-order valence-corrected chi connectivity index (χ0v) is 20.3. The zero-order chi connectivity index (χ0) is 23.6. The lowest BCUT2D eigenvalue weighted by Crippen LogP contribution is -2.58. The third-order valence-electron chi connectivity index (χ3n) is 7.97. The molecule has 2 saturated heterocycles. The fourth-order valence-electron chi connectivity index (χ4n) is 5.84. The van der Waals surface area contributed by atoms with Gasteiger partial charge in [0.05, 0.1) is 0 Å². The van der Waals surface area contributed by atoms with Crippen molar-refractivity contribution in [1.82, 2.24) is 24.7 Å². The van der Waals surface area contributed by atoms with E-state index in [9.17, 15) is 4.79 Å². The summed E-state index contributed by atoms with van der Waals surface area (Å²) in [5, 5.41) is 0. The Balaban J connectivity index is 1.36. The Kier molecular flexibility index (Phi) is 7.63. The Morgan fingerprint density at radius 2 is 1.70 bits per heavy atom. The van der Waals surface area contributed by atoms with E-state index in [0.29, 0.717) is 25.6 Å². The molecule has 4 rings (SSSR count). The topological polar surface area (TPSA) is 52.6 Å². The van der Waals surface area contributed by atoms with Gasteiger partial charge in [0.25, 0.3) is 5.92 Å². The van der Waals surface area contributed by atoms with E-state index in [1.165, 1.54) is 0 Å². The zero-order valence-electron chi connectivity index (χ0n) is 20.3. The average Bonchev–Trinajstić information content (AvgIpc) is 2.81. The fourth-order valence-corrected chi connectivity index (χ4v) is 5.84. The van der Waals surface area contributed by atoms with Crippen LogP contribution in [0.5, 0.6) is 0 Å². The van der Waals surface area contributed by atoms with Crippen LogP contribution in [0.25, 0.3) is 0 Å². The van der Waals surface area contributed by atoms with Crippen molar-refractivity contribution in [2.24, 2.45) is 5.92 Å². The Hall–Kier alpha value is -1.67. The number of carbonyl (C=O) groups is 1. The first-order chi connectivity index (χ1) is 15.7. The number of aromatic nitrogens is 2. The predicted molar refractivity (Wildman–Crippen MR) is 124 cm³/mol. The van der Waals surface area contributed by atoms with Crippen molar-refractivity contribution >= 4 is 5.91 Å². The number of piperazine rings is 1. The number of nitrogens with zero attached hydrogens (tertiary/aromatic N) is 5. The van der Waals surface area contributed by atoms with Gasteiger partial charge in [0.2, 0.25) is 5.91 Å². The molecular weight excluding hydrogens is 424 g/mol. The normalized spacial score (nSPS) is 27.8. The van der Waals surface area contributed by atoms with Crippen LogP contribution >= 0.6 is 0 Å². The molecule has 3 heterocycles. The van der Waals surface area contributed by atoms with Gasteiger partial charge in [0, 0.05) is 88.4 Å². The molecule has 1 saturated carbocycles. The molecule has 2 atom stereocenters. The van der Waals surface area contributed by atoms with Crippen molar-refractivity contribution < 1.29 is 13.6 Å². The van der Waals surface area contributed by atoms with Crippen molar-refractivity contribution in [2.45, 2.75) is 83.2 Å². The minimum absolute atomic E-state index is 0.0479. The Morgan fingerprint density at radius 1 is 1.06 bits per heavy atom. The maximum absolute atomic E-state index is 15.1. The summed E-state index contributed by atoms with van der Waals surface area (Å²) in [6.45, 7) is 11.0. The molecule has 8 heteroatoms. The molecule has 1 unspecified atom stereocenters. The number of aryl methyl sites for hydroxylation is 1. The van der Waals surface area contributed by atoms with Crippen LogP contribution < -0.4 is 0 Å². The molecule has 0 N–H and O–H groups in total. The lowest BCUT2D eigenvalue weighted by molar-refractivity contribution is -0.150. The van der Waals surface area contributed by atoms with Gasteiger partial charge in [-0.05, 0) is 52.0 Å². The van der Waals surface area contributed by atoms with Gasteiger partial charge in [0.15, 0.2) is 0 Å². The van der Waals surface area contributed by atoms with E-state index in [4.69, 9.17) is 0 Å². The third-order valence-corrected chi connectivity index (χ3v) is 7.97. The number of carbonyl (C=O) groups excluding carboxylic acids is 1. The van der Waals surface area contributed by atoms with Crippen molar-refractivity contribution in [3.63, 3.8) is 0 Å². The molecule has 1 aromatic rings. The van der Waals surface area contributed by atoms with Crippen molar-refractivity contribution in [1.29, 1.82) is 0 Å². The quantitative estimate of drug-likeness (QED) is 0.666. The second kappa shape index (κ2) is 10.3. The highest BCUT2D eigenvalue weighted by Gasteiger charge is 2.50. The maximum atomic E-state index is 15.1. The van der Waals surface area contributed by atoms with Gasteiger partial charge in [-0.1, -0.05) is 0 Å². The van der Waals surface area contributed by atoms with Gasteiger partial charge in [-0.25, -0.2) is 18.7 Å². The molecule has 6 nitrogen and oxygen atoms in total. The Labute approximate surface area is 196 Å². The van der Waals surface area contributed by atoms with E-state index in [2.05, 4.69) is 33.6 Å². The molecule has 184 valence electrons. The summed E-state index contributed by atoms with van der Waals surface area (Å²) < 4.78 is 30.2. The van der Waals surface area contributed by atoms with E-state index in [1.807, 2.05) is 19.3 Å². The average molecular weight is 464 g/mol. The van der Waals surface area contributed by atoms with Crippen LogP contribution in [0.4, 0.5) is 8.78 Å². The molecule has 3 aliphatic rings. The number of rotatable bonds is 5. The molecule has 0 bridgehead atoms. The molecule has 33 heavy (non-hydrogen) atoms. The fraction of sp³-hybridized carbons (Fsp3) is 0.800. The summed E-state index contributed by atoms with van der Waals surface area (Å²) in [7, 11) is 0. The first-order valence-electron chi connectivity index (χ1n) is 12.7. The predicted octanol–water partition coefficient (Wildman–Crippen LogP) is 3.71. The highest BCUT2D eigenvalue weighted by Crippen LogP contribution is 2.43. The van der Waals surface area contributed by atoms with Gasteiger partial charge in [-0.3, -0.25) is 14.6 Å². The molecule has 0 aromatic carbocycles. The van der Waals surface area contributed by atoms with Crippen LogP contribution in [-0.2, 0) is 4.79 Å². The first kappa shape index (κ1) is 24.5. The molecule has 1 amide bonds. The number of halogens is 2. The molecule has 1 aromatic heterocycles. The largest absolute Gasteiger partial charge is 0.343 e. The summed E-state index contributed by atoms with van der Waals surface area (Å²) in [5.74, 6) is -2.72. The third kappa shape index (κ3) is 5.70. The molecule has 0 spiro atoms. The van der Waals surface area contributed by atoms with E-state index < -0.39 is 11.8 Å². The van der Waals surface area contributed by atoms with Crippen LogP contribution in [0.15, 0.2) is 12.4 Å². The van der Waals surface area contributed by atoms with E-state index in [1.54, 1.807) is 4.90 Å². The van der Waals surface area contributed by atoms with Crippen molar-refractivity contribution in [2.75, 3.05) is 39.3 Å². The number of hydrogen-bond acceptors (Lipinski definition) is 5. The molecule has 2 aliphatic heterocycles. The van der Waals surface area contributed by atoms with E-state index in [-0.39, 0.29) is 30.7 Å². The van der Waals surface area contributed by atoms with Gasteiger partial charge < -0.3 is 4.90 Å². The monoisotopic (exact) mass is 463 g/mol.